The number of fused-ring (bicyclic) bond motifs is 1. The number of halogens is 2. The normalized spacial score (nSPS) is 14.7. The molecule has 0 aliphatic carbocycles. The number of rotatable bonds is 13. The predicted molar refractivity (Wildman–Crippen MR) is 171 cm³/mol. The molecule has 44 heavy (non-hydrogen) atoms. The zero-order valence-corrected chi connectivity index (χ0v) is 25.9. The van der Waals surface area contributed by atoms with Gasteiger partial charge in [0.1, 0.15) is 46.8 Å². The first-order chi connectivity index (χ1) is 21.2. The molecule has 0 bridgehead atoms. The lowest BCUT2D eigenvalue weighted by Crippen LogP contribution is -2.48. The summed E-state index contributed by atoms with van der Waals surface area (Å²) in [5.74, 6) is 0.967. The first-order valence-electron chi connectivity index (χ1n) is 14.2. The van der Waals surface area contributed by atoms with Gasteiger partial charge in [-0.15, -0.1) is 0 Å². The largest absolute Gasteiger partial charge is 0.487 e. The number of aromatic nitrogens is 2. The van der Waals surface area contributed by atoms with E-state index in [9.17, 15) is 12.8 Å². The van der Waals surface area contributed by atoms with Crippen molar-refractivity contribution in [2.24, 2.45) is 5.16 Å². The molecular weight excluding hydrogens is 607 g/mol. The van der Waals surface area contributed by atoms with E-state index in [1.807, 2.05) is 24.3 Å². The Morgan fingerprint density at radius 3 is 2.57 bits per heavy atom. The van der Waals surface area contributed by atoms with Gasteiger partial charge in [-0.3, -0.25) is 9.80 Å². The minimum absolute atomic E-state index is 0.195. The summed E-state index contributed by atoms with van der Waals surface area (Å²) < 4.78 is 42.0. The number of hydrogen-bond acceptors (Lipinski definition) is 10. The summed E-state index contributed by atoms with van der Waals surface area (Å²) in [6.45, 7) is 5.39. The van der Waals surface area contributed by atoms with Crippen LogP contribution in [-0.2, 0) is 21.3 Å². The monoisotopic (exact) mass is 640 g/mol. The molecule has 0 atom stereocenters. The molecule has 232 valence electrons. The number of nitrogens with one attached hydrogen (secondary N) is 1. The molecule has 0 radical (unpaired) electrons. The number of ether oxygens (including phenoxy) is 1. The molecule has 5 rings (SSSR count). The third kappa shape index (κ3) is 9.33. The highest BCUT2D eigenvalue weighted by molar-refractivity contribution is 7.90. The van der Waals surface area contributed by atoms with Crippen LogP contribution in [0.25, 0.3) is 10.9 Å². The molecule has 10 nitrogen and oxygen atoms in total. The number of oxime groups is 1. The number of benzene rings is 3. The van der Waals surface area contributed by atoms with Crippen molar-refractivity contribution in [3.8, 4) is 5.75 Å². The molecule has 13 heteroatoms. The molecule has 4 aromatic rings. The highest BCUT2D eigenvalue weighted by Crippen LogP contribution is 2.31. The van der Waals surface area contributed by atoms with Crippen molar-refractivity contribution in [3.63, 3.8) is 0 Å². The molecule has 3 aromatic carbocycles. The highest BCUT2D eigenvalue weighted by atomic mass is 35.5. The topological polar surface area (TPSA) is 109 Å². The summed E-state index contributed by atoms with van der Waals surface area (Å²) >= 11 is 6.47. The zero-order valence-electron chi connectivity index (χ0n) is 24.3. The third-order valence-electron chi connectivity index (χ3n) is 7.16. The minimum atomic E-state index is -2.94. The van der Waals surface area contributed by atoms with Crippen molar-refractivity contribution in [1.82, 2.24) is 19.8 Å². The van der Waals surface area contributed by atoms with Crippen molar-refractivity contribution < 1.29 is 22.4 Å². The summed E-state index contributed by atoms with van der Waals surface area (Å²) in [6, 6.07) is 17.3. The first-order valence-corrected chi connectivity index (χ1v) is 16.6. The summed E-state index contributed by atoms with van der Waals surface area (Å²) in [5.41, 5.74) is 3.01. The van der Waals surface area contributed by atoms with E-state index in [4.69, 9.17) is 21.2 Å². The van der Waals surface area contributed by atoms with Crippen LogP contribution in [-0.4, -0.2) is 92.3 Å². The summed E-state index contributed by atoms with van der Waals surface area (Å²) in [7, 11) is -2.94. The molecule has 0 spiro atoms. The van der Waals surface area contributed by atoms with Crippen LogP contribution in [0.15, 0.2) is 72.1 Å². The quantitative estimate of drug-likeness (QED) is 0.126. The van der Waals surface area contributed by atoms with Gasteiger partial charge >= 0.3 is 0 Å². The molecule has 2 heterocycles. The number of sulfone groups is 1. The summed E-state index contributed by atoms with van der Waals surface area (Å²) in [4.78, 5) is 18.8. The molecule has 0 unspecified atom stereocenters. The lowest BCUT2D eigenvalue weighted by molar-refractivity contribution is 0.0815. The van der Waals surface area contributed by atoms with Gasteiger partial charge in [0.25, 0.3) is 0 Å². The third-order valence-corrected chi connectivity index (χ3v) is 8.38. The van der Waals surface area contributed by atoms with Gasteiger partial charge < -0.3 is 14.9 Å². The molecule has 1 aromatic heterocycles. The van der Waals surface area contributed by atoms with Gasteiger partial charge in [-0.25, -0.2) is 22.8 Å². The number of anilines is 2. The van der Waals surface area contributed by atoms with Crippen molar-refractivity contribution in [3.05, 3.63) is 89.0 Å². The van der Waals surface area contributed by atoms with Gasteiger partial charge in [-0.1, -0.05) is 35.0 Å². The van der Waals surface area contributed by atoms with Gasteiger partial charge in [-0.2, -0.15) is 0 Å². The van der Waals surface area contributed by atoms with E-state index in [0.29, 0.717) is 41.0 Å². The van der Waals surface area contributed by atoms with Gasteiger partial charge in [0.2, 0.25) is 0 Å². The van der Waals surface area contributed by atoms with E-state index in [0.717, 1.165) is 49.2 Å². The molecule has 0 saturated carbocycles. The van der Waals surface area contributed by atoms with Crippen LogP contribution in [0.4, 0.5) is 15.9 Å². The molecule has 1 fully saturated rings. The Labute approximate surface area is 261 Å². The highest BCUT2D eigenvalue weighted by Gasteiger charge is 2.17. The Morgan fingerprint density at radius 2 is 1.82 bits per heavy atom. The lowest BCUT2D eigenvalue weighted by atomic mass is 10.1. The Hall–Kier alpha value is -3.84. The van der Waals surface area contributed by atoms with Gasteiger partial charge in [0.15, 0.2) is 0 Å². The number of piperazine rings is 1. The van der Waals surface area contributed by atoms with Crippen LogP contribution in [0.3, 0.4) is 0 Å². The second kappa shape index (κ2) is 14.8. The van der Waals surface area contributed by atoms with Crippen molar-refractivity contribution in [2.75, 3.05) is 63.2 Å². The predicted octanol–water partition coefficient (Wildman–Crippen LogP) is 4.76. The Kier molecular flexibility index (Phi) is 10.6. The Bertz CT molecular complexity index is 1720. The van der Waals surface area contributed by atoms with Crippen molar-refractivity contribution in [2.45, 2.75) is 6.61 Å². The van der Waals surface area contributed by atoms with Gasteiger partial charge in [-0.05, 0) is 53.6 Å². The Morgan fingerprint density at radius 1 is 1.02 bits per heavy atom. The van der Waals surface area contributed by atoms with Gasteiger partial charge in [0.05, 0.1) is 22.5 Å². The summed E-state index contributed by atoms with van der Waals surface area (Å²) in [6.07, 6.45) is 4.42. The van der Waals surface area contributed by atoms with E-state index in [2.05, 4.69) is 30.2 Å². The van der Waals surface area contributed by atoms with E-state index >= 15 is 0 Å². The standard InChI is InChI=1S/C31H34ClFN6O4S/c1-44(40,41)16-14-39-11-9-38(10-12-39)13-15-43-36-20-23-5-7-29-27(18-23)31(35-22-34-29)37-26-6-8-30(28(32)19-26)42-21-24-3-2-4-25(33)17-24/h2-8,17-20,22H,9-16,21H2,1H3,(H,34,35,37). The average molecular weight is 641 g/mol. The fraction of sp³-hybridized carbons (Fsp3) is 0.323. The van der Waals surface area contributed by atoms with Gasteiger partial charge in [0, 0.05) is 56.6 Å². The second-order valence-electron chi connectivity index (χ2n) is 10.6. The minimum Gasteiger partial charge on any atom is -0.487 e. The molecule has 1 aliphatic rings. The Balaban J connectivity index is 1.13. The van der Waals surface area contributed by atoms with E-state index < -0.39 is 9.84 Å². The number of hydrogen-bond donors (Lipinski definition) is 1. The van der Waals surface area contributed by atoms with Crippen LogP contribution in [0.2, 0.25) is 5.02 Å². The SMILES string of the molecule is CS(=O)(=O)CCN1CCN(CCON=Cc2ccc3ncnc(Nc4ccc(OCc5cccc(F)c5)c(Cl)c4)c3c2)CC1. The van der Waals surface area contributed by atoms with E-state index in [-0.39, 0.29) is 18.2 Å². The van der Waals surface area contributed by atoms with Crippen LogP contribution >= 0.6 is 11.6 Å². The smallest absolute Gasteiger partial charge is 0.148 e. The van der Waals surface area contributed by atoms with E-state index in [1.54, 1.807) is 30.5 Å². The van der Waals surface area contributed by atoms with Crippen LogP contribution in [0.1, 0.15) is 11.1 Å². The van der Waals surface area contributed by atoms with Crippen LogP contribution in [0, 0.1) is 5.82 Å². The first kappa shape index (κ1) is 31.6. The fourth-order valence-electron chi connectivity index (χ4n) is 4.73. The lowest BCUT2D eigenvalue weighted by Gasteiger charge is -2.34. The maximum atomic E-state index is 13.4. The second-order valence-corrected chi connectivity index (χ2v) is 13.2. The van der Waals surface area contributed by atoms with Crippen LogP contribution < -0.4 is 10.1 Å². The molecule has 0 amide bonds. The number of nitrogens with zero attached hydrogens (tertiary/aromatic N) is 5. The average Bonchev–Trinajstić information content (AvgIpc) is 3.00. The molecular formula is C31H34ClFN6O4S. The summed E-state index contributed by atoms with van der Waals surface area (Å²) in [5, 5.41) is 8.65. The molecule has 1 saturated heterocycles. The maximum absolute atomic E-state index is 13.4. The van der Waals surface area contributed by atoms with Crippen LogP contribution in [0.5, 0.6) is 5.75 Å². The molecule has 1 aliphatic heterocycles. The fourth-order valence-corrected chi connectivity index (χ4v) is 5.55. The van der Waals surface area contributed by atoms with Crippen molar-refractivity contribution >= 4 is 50.1 Å². The maximum Gasteiger partial charge on any atom is 0.148 e. The van der Waals surface area contributed by atoms with E-state index in [1.165, 1.54) is 24.7 Å². The van der Waals surface area contributed by atoms with Crippen molar-refractivity contribution in [1.29, 1.82) is 0 Å². The molecule has 1 N–H and O–H groups in total. The zero-order chi connectivity index (χ0) is 30.9.